The highest BCUT2D eigenvalue weighted by Gasteiger charge is 2.17. The number of hydrogen-bond acceptors (Lipinski definition) is 6. The second-order valence-electron chi connectivity index (χ2n) is 3.81. The summed E-state index contributed by atoms with van der Waals surface area (Å²) in [5.41, 5.74) is 1.04. The number of hydrogen-bond donors (Lipinski definition) is 1. The van der Waals surface area contributed by atoms with Gasteiger partial charge in [-0.05, 0) is 12.0 Å². The summed E-state index contributed by atoms with van der Waals surface area (Å²) in [5, 5.41) is 21.2. The molecular weight excluding hydrogens is 280 g/mol. The summed E-state index contributed by atoms with van der Waals surface area (Å²) in [6, 6.07) is 3.97. The third-order valence-corrected chi connectivity index (χ3v) is 2.96. The molecule has 0 saturated carbocycles. The Morgan fingerprint density at radius 2 is 2.05 bits per heavy atom. The highest BCUT2D eigenvalue weighted by Crippen LogP contribution is 2.26. The molecule has 1 N–H and O–H groups in total. The van der Waals surface area contributed by atoms with Crippen LogP contribution in [0.1, 0.15) is 30.0 Å². The zero-order valence-electron chi connectivity index (χ0n) is 11.2. The minimum Gasteiger partial charge on any atom is -0.469 e. The summed E-state index contributed by atoms with van der Waals surface area (Å²) >= 11 is 5.94. The molecular formula is C13H13ClN4O2. The number of rotatable bonds is 5. The number of halogens is 1. The number of aromatic nitrogens is 1. The van der Waals surface area contributed by atoms with Gasteiger partial charge in [0.25, 0.3) is 0 Å². The molecule has 1 rings (SSSR count). The van der Waals surface area contributed by atoms with Crippen molar-refractivity contribution in [2.75, 3.05) is 19.0 Å². The third-order valence-electron chi connectivity index (χ3n) is 2.68. The van der Waals surface area contributed by atoms with Crippen LogP contribution in [-0.2, 0) is 16.0 Å². The lowest BCUT2D eigenvalue weighted by molar-refractivity contribution is -0.140. The Balaban J connectivity index is 3.09. The monoisotopic (exact) mass is 292 g/mol. The maximum absolute atomic E-state index is 11.0. The molecule has 7 heteroatoms. The molecule has 0 aromatic carbocycles. The molecule has 0 bridgehead atoms. The number of nitrogens with zero attached hydrogens (tertiary/aromatic N) is 3. The van der Waals surface area contributed by atoms with E-state index in [2.05, 4.69) is 15.0 Å². The van der Waals surface area contributed by atoms with Crippen molar-refractivity contribution in [2.45, 2.75) is 19.8 Å². The van der Waals surface area contributed by atoms with Gasteiger partial charge in [-0.15, -0.1) is 0 Å². The van der Waals surface area contributed by atoms with Crippen molar-refractivity contribution in [1.29, 1.82) is 10.5 Å². The maximum Gasteiger partial charge on any atom is 0.307 e. The van der Waals surface area contributed by atoms with Gasteiger partial charge < -0.3 is 10.1 Å². The van der Waals surface area contributed by atoms with Crippen molar-refractivity contribution in [3.05, 3.63) is 21.8 Å². The fourth-order valence-electron chi connectivity index (χ4n) is 1.70. The van der Waals surface area contributed by atoms with Gasteiger partial charge in [0, 0.05) is 6.54 Å². The topological polar surface area (TPSA) is 98.8 Å². The van der Waals surface area contributed by atoms with E-state index in [-0.39, 0.29) is 41.0 Å². The normalized spacial score (nSPS) is 9.45. The van der Waals surface area contributed by atoms with Gasteiger partial charge in [-0.25, -0.2) is 4.98 Å². The molecule has 0 amide bonds. The van der Waals surface area contributed by atoms with E-state index in [0.29, 0.717) is 12.0 Å². The molecule has 104 valence electrons. The first-order chi connectivity index (χ1) is 9.58. The zero-order valence-corrected chi connectivity index (χ0v) is 11.9. The molecule has 0 saturated heterocycles. The van der Waals surface area contributed by atoms with Crippen molar-refractivity contribution in [1.82, 2.24) is 4.98 Å². The van der Waals surface area contributed by atoms with Crippen LogP contribution in [0.15, 0.2) is 0 Å². The molecule has 0 aliphatic rings. The first kappa shape index (κ1) is 15.7. The number of carbonyl (C=O) groups excluding carboxylic acids is 1. The number of methoxy groups -OCH3 is 1. The number of pyridine rings is 1. The summed E-state index contributed by atoms with van der Waals surface area (Å²) in [5.74, 6) is -0.0938. The molecule has 0 unspecified atom stereocenters. The maximum atomic E-state index is 11.0. The molecule has 20 heavy (non-hydrogen) atoms. The SMILES string of the molecule is CCc1c(C#N)c(Cl)nc(NCCC(=O)OC)c1C#N. The van der Waals surface area contributed by atoms with Crippen molar-refractivity contribution in [3.8, 4) is 12.1 Å². The van der Waals surface area contributed by atoms with Crippen LogP contribution >= 0.6 is 11.6 Å². The van der Waals surface area contributed by atoms with E-state index in [4.69, 9.17) is 16.9 Å². The molecule has 0 spiro atoms. The van der Waals surface area contributed by atoms with Crippen LogP contribution in [0.2, 0.25) is 5.15 Å². The van der Waals surface area contributed by atoms with Crippen LogP contribution in [-0.4, -0.2) is 24.6 Å². The average molecular weight is 293 g/mol. The highest BCUT2D eigenvalue weighted by molar-refractivity contribution is 6.30. The minimum atomic E-state index is -0.369. The first-order valence-corrected chi connectivity index (χ1v) is 6.30. The summed E-state index contributed by atoms with van der Waals surface area (Å²) < 4.78 is 4.52. The third kappa shape index (κ3) is 3.37. The van der Waals surface area contributed by atoms with Crippen molar-refractivity contribution in [3.63, 3.8) is 0 Å². The van der Waals surface area contributed by atoms with E-state index in [1.807, 2.05) is 19.1 Å². The number of anilines is 1. The second-order valence-corrected chi connectivity index (χ2v) is 4.17. The Bertz CT molecular complexity index is 602. The molecule has 1 heterocycles. The van der Waals surface area contributed by atoms with Gasteiger partial charge in [0.15, 0.2) is 0 Å². The van der Waals surface area contributed by atoms with Crippen LogP contribution in [0.25, 0.3) is 0 Å². The van der Waals surface area contributed by atoms with Crippen LogP contribution in [0.5, 0.6) is 0 Å². The fourth-order valence-corrected chi connectivity index (χ4v) is 1.94. The molecule has 0 aliphatic carbocycles. The molecule has 0 radical (unpaired) electrons. The van der Waals surface area contributed by atoms with Crippen LogP contribution in [0.3, 0.4) is 0 Å². The highest BCUT2D eigenvalue weighted by atomic mass is 35.5. The van der Waals surface area contributed by atoms with Gasteiger partial charge in [0.05, 0.1) is 24.7 Å². The van der Waals surface area contributed by atoms with Crippen LogP contribution < -0.4 is 5.32 Å². The lowest BCUT2D eigenvalue weighted by Gasteiger charge is -2.12. The Hall–Kier alpha value is -2.31. The quantitative estimate of drug-likeness (QED) is 0.658. The van der Waals surface area contributed by atoms with Crippen LogP contribution in [0.4, 0.5) is 5.82 Å². The molecule has 1 aromatic rings. The van der Waals surface area contributed by atoms with Gasteiger partial charge in [-0.2, -0.15) is 10.5 Å². The number of ether oxygens (including phenoxy) is 1. The number of esters is 1. The van der Waals surface area contributed by atoms with Gasteiger partial charge >= 0.3 is 5.97 Å². The Labute approximate surface area is 121 Å². The fraction of sp³-hybridized carbons (Fsp3) is 0.385. The van der Waals surface area contributed by atoms with E-state index in [9.17, 15) is 10.1 Å². The smallest absolute Gasteiger partial charge is 0.307 e. The van der Waals surface area contributed by atoms with E-state index < -0.39 is 0 Å². The van der Waals surface area contributed by atoms with Crippen LogP contribution in [0, 0.1) is 22.7 Å². The Morgan fingerprint density at radius 3 is 2.55 bits per heavy atom. The standard InChI is InChI=1S/C13H13ClN4O2/c1-3-8-9(6-15)12(14)18-13(10(8)7-16)17-5-4-11(19)20-2/h3-5H2,1-2H3,(H,17,18). The van der Waals surface area contributed by atoms with E-state index in [1.54, 1.807) is 0 Å². The lowest BCUT2D eigenvalue weighted by atomic mass is 10.0. The summed E-state index contributed by atoms with van der Waals surface area (Å²) in [6.45, 7) is 2.09. The number of nitriles is 2. The minimum absolute atomic E-state index is 0.0453. The van der Waals surface area contributed by atoms with E-state index in [1.165, 1.54) is 7.11 Å². The predicted octanol–water partition coefficient (Wildman–Crippen LogP) is 2.02. The number of nitrogens with one attached hydrogen (secondary N) is 1. The second kappa shape index (κ2) is 7.32. The predicted molar refractivity (Wildman–Crippen MR) is 73.2 cm³/mol. The van der Waals surface area contributed by atoms with E-state index in [0.717, 1.165) is 0 Å². The van der Waals surface area contributed by atoms with E-state index >= 15 is 0 Å². The summed E-state index contributed by atoms with van der Waals surface area (Å²) in [6.07, 6.45) is 0.627. The van der Waals surface area contributed by atoms with Crippen molar-refractivity contribution >= 4 is 23.4 Å². The summed E-state index contributed by atoms with van der Waals surface area (Å²) in [4.78, 5) is 15.0. The van der Waals surface area contributed by atoms with Crippen molar-refractivity contribution in [2.24, 2.45) is 0 Å². The molecule has 0 aliphatic heterocycles. The number of carbonyl (C=O) groups is 1. The Morgan fingerprint density at radius 1 is 1.40 bits per heavy atom. The average Bonchev–Trinajstić information content (AvgIpc) is 2.46. The largest absolute Gasteiger partial charge is 0.469 e. The molecule has 0 atom stereocenters. The van der Waals surface area contributed by atoms with Gasteiger partial charge in [0.1, 0.15) is 23.1 Å². The zero-order chi connectivity index (χ0) is 15.1. The van der Waals surface area contributed by atoms with Gasteiger partial charge in [0.2, 0.25) is 0 Å². The van der Waals surface area contributed by atoms with Gasteiger partial charge in [-0.1, -0.05) is 18.5 Å². The van der Waals surface area contributed by atoms with Gasteiger partial charge in [-0.3, -0.25) is 4.79 Å². The molecule has 1 aromatic heterocycles. The Kier molecular flexibility index (Phi) is 5.76. The first-order valence-electron chi connectivity index (χ1n) is 5.92. The van der Waals surface area contributed by atoms with Crippen molar-refractivity contribution < 1.29 is 9.53 Å². The molecule has 0 fully saturated rings. The lowest BCUT2D eigenvalue weighted by Crippen LogP contribution is -2.13. The molecule has 6 nitrogen and oxygen atoms in total. The summed E-state index contributed by atoms with van der Waals surface area (Å²) in [7, 11) is 1.30.